The normalized spacial score (nSPS) is 12.9. The minimum Gasteiger partial charge on any atom is -0.223 e. The lowest BCUT2D eigenvalue weighted by atomic mass is 10.2. The molecule has 0 radical (unpaired) electrons. The predicted molar refractivity (Wildman–Crippen MR) is 87.2 cm³/mol. The second kappa shape index (κ2) is 6.57. The van der Waals surface area contributed by atoms with E-state index in [4.69, 9.17) is 11.6 Å². The molecule has 0 spiro atoms. The van der Waals surface area contributed by atoms with Gasteiger partial charge in [0.15, 0.2) is 9.84 Å². The summed E-state index contributed by atoms with van der Waals surface area (Å²) < 4.78 is 24.7. The molecule has 0 aliphatic carbocycles. The summed E-state index contributed by atoms with van der Waals surface area (Å²) in [5.74, 6) is -0.0858. The number of benzene rings is 2. The lowest BCUT2D eigenvalue weighted by Crippen LogP contribution is -2.04. The Labute approximate surface area is 132 Å². The number of sulfone groups is 1. The minimum absolute atomic E-state index is 0.0155. The Morgan fingerprint density at radius 1 is 0.950 bits per heavy atom. The fourth-order valence-corrected chi connectivity index (χ4v) is 3.89. The minimum atomic E-state index is -3.50. The summed E-state index contributed by atoms with van der Waals surface area (Å²) in [5.41, 5.74) is 1.39. The van der Waals surface area contributed by atoms with Gasteiger partial charge < -0.3 is 0 Å². The molecule has 0 heterocycles. The van der Waals surface area contributed by atoms with Crippen LogP contribution < -0.4 is 0 Å². The summed E-state index contributed by atoms with van der Waals surface area (Å²) in [5, 5.41) is 0.196. The van der Waals surface area contributed by atoms with Gasteiger partial charge in [-0.1, -0.05) is 72.3 Å². The van der Waals surface area contributed by atoms with Gasteiger partial charge >= 0.3 is 0 Å². The van der Waals surface area contributed by atoms with Gasteiger partial charge in [-0.15, -0.1) is 0 Å². The van der Waals surface area contributed by atoms with Crippen LogP contribution >= 0.6 is 27.5 Å². The first-order chi connectivity index (χ1) is 9.50. The first-order valence-electron chi connectivity index (χ1n) is 5.88. The molecule has 0 aliphatic rings. The van der Waals surface area contributed by atoms with Gasteiger partial charge in [0.2, 0.25) is 0 Å². The van der Waals surface area contributed by atoms with Crippen molar-refractivity contribution in [2.75, 3.05) is 0 Å². The molecule has 0 fully saturated rings. The van der Waals surface area contributed by atoms with Crippen molar-refractivity contribution in [3.63, 3.8) is 0 Å². The van der Waals surface area contributed by atoms with Crippen molar-refractivity contribution in [2.24, 2.45) is 0 Å². The lowest BCUT2D eigenvalue weighted by Gasteiger charge is -2.07. The van der Waals surface area contributed by atoms with Crippen LogP contribution in [0.4, 0.5) is 0 Å². The van der Waals surface area contributed by atoms with E-state index in [1.807, 2.05) is 24.3 Å². The Kier molecular flexibility index (Phi) is 5.02. The maximum atomic E-state index is 12.3. The Morgan fingerprint density at radius 2 is 1.45 bits per heavy atom. The van der Waals surface area contributed by atoms with Crippen LogP contribution in [0.15, 0.2) is 64.5 Å². The third kappa shape index (κ3) is 3.72. The van der Waals surface area contributed by atoms with Crippen molar-refractivity contribution < 1.29 is 8.42 Å². The monoisotopic (exact) mass is 370 g/mol. The molecule has 104 valence electrons. The van der Waals surface area contributed by atoms with E-state index < -0.39 is 9.84 Å². The maximum absolute atomic E-state index is 12.3. The van der Waals surface area contributed by atoms with E-state index in [-0.39, 0.29) is 14.6 Å². The van der Waals surface area contributed by atoms with Gasteiger partial charge in [-0.2, -0.15) is 0 Å². The third-order valence-electron chi connectivity index (χ3n) is 2.67. The summed E-state index contributed by atoms with van der Waals surface area (Å²) in [7, 11) is -3.50. The average molecular weight is 372 g/mol. The molecule has 2 aromatic rings. The zero-order valence-corrected chi connectivity index (χ0v) is 13.6. The van der Waals surface area contributed by atoms with Crippen molar-refractivity contribution in [3.8, 4) is 0 Å². The van der Waals surface area contributed by atoms with Crippen LogP contribution in [0.3, 0.4) is 0 Å². The Morgan fingerprint density at radius 3 is 2.00 bits per heavy atom. The van der Waals surface area contributed by atoms with Gasteiger partial charge in [0.05, 0.1) is 10.8 Å². The van der Waals surface area contributed by atoms with Gasteiger partial charge in [0.1, 0.15) is 3.81 Å². The molecule has 20 heavy (non-hydrogen) atoms. The lowest BCUT2D eigenvalue weighted by molar-refractivity contribution is 0.603. The van der Waals surface area contributed by atoms with E-state index in [2.05, 4.69) is 15.9 Å². The number of hydrogen-bond donors (Lipinski definition) is 0. The largest absolute Gasteiger partial charge is 0.223 e. The van der Waals surface area contributed by atoms with E-state index in [1.54, 1.807) is 36.4 Å². The summed E-state index contributed by atoms with van der Waals surface area (Å²) in [6.07, 6.45) is 0. The standard InChI is InChI=1S/C15H12BrClO2S/c16-15(14(17)13-9-5-2-6-10-13)20(18,19)11-12-7-3-1-4-8-12/h1-10H,11H2. The summed E-state index contributed by atoms with van der Waals surface area (Å²) in [4.78, 5) is 0. The second-order valence-electron chi connectivity index (χ2n) is 4.20. The first-order valence-corrected chi connectivity index (χ1v) is 8.70. The zero-order valence-electron chi connectivity index (χ0n) is 10.5. The highest BCUT2D eigenvalue weighted by molar-refractivity contribution is 9.13. The molecule has 0 saturated carbocycles. The van der Waals surface area contributed by atoms with Gasteiger partial charge in [0.25, 0.3) is 0 Å². The molecule has 0 aromatic heterocycles. The van der Waals surface area contributed by atoms with E-state index in [9.17, 15) is 8.42 Å². The SMILES string of the molecule is O=S(=O)(Cc1ccccc1)C(Br)=C(Cl)c1ccccc1. The highest BCUT2D eigenvalue weighted by atomic mass is 79.9. The van der Waals surface area contributed by atoms with Crippen molar-refractivity contribution in [2.45, 2.75) is 5.75 Å². The van der Waals surface area contributed by atoms with Gasteiger partial charge in [0, 0.05) is 0 Å². The predicted octanol–water partition coefficient (Wildman–Crippen LogP) is 4.56. The topological polar surface area (TPSA) is 34.1 Å². The molecule has 0 saturated heterocycles. The average Bonchev–Trinajstić information content (AvgIpc) is 2.47. The Hall–Kier alpha value is -1.10. The van der Waals surface area contributed by atoms with E-state index >= 15 is 0 Å². The fraction of sp³-hybridized carbons (Fsp3) is 0.0667. The molecule has 0 bridgehead atoms. The fourth-order valence-electron chi connectivity index (χ4n) is 1.69. The molecular formula is C15H12BrClO2S. The molecule has 0 amide bonds. The van der Waals surface area contributed by atoms with E-state index in [1.165, 1.54) is 0 Å². The van der Waals surface area contributed by atoms with Gasteiger partial charge in [-0.3, -0.25) is 0 Å². The molecule has 0 atom stereocenters. The molecule has 0 aliphatic heterocycles. The van der Waals surface area contributed by atoms with Crippen molar-refractivity contribution in [1.82, 2.24) is 0 Å². The number of rotatable bonds is 4. The van der Waals surface area contributed by atoms with Crippen LogP contribution in [0, 0.1) is 0 Å². The maximum Gasteiger partial charge on any atom is 0.190 e. The highest BCUT2D eigenvalue weighted by Crippen LogP contribution is 2.32. The summed E-state index contributed by atoms with van der Waals surface area (Å²) in [6.45, 7) is 0. The molecule has 0 N–H and O–H groups in total. The van der Waals surface area contributed by atoms with Crippen molar-refractivity contribution in [3.05, 3.63) is 75.6 Å². The van der Waals surface area contributed by atoms with E-state index in [0.29, 0.717) is 5.56 Å². The van der Waals surface area contributed by atoms with Crippen LogP contribution in [0.2, 0.25) is 0 Å². The molecule has 2 rings (SSSR count). The molecule has 2 nitrogen and oxygen atoms in total. The summed E-state index contributed by atoms with van der Waals surface area (Å²) >= 11 is 9.28. The summed E-state index contributed by atoms with van der Waals surface area (Å²) in [6, 6.07) is 18.0. The number of halogens is 2. The van der Waals surface area contributed by atoms with Crippen LogP contribution in [0.5, 0.6) is 0 Å². The van der Waals surface area contributed by atoms with Crippen LogP contribution in [-0.4, -0.2) is 8.42 Å². The second-order valence-corrected chi connectivity index (χ2v) is 7.82. The van der Waals surface area contributed by atoms with Gasteiger partial charge in [-0.05, 0) is 27.1 Å². The molecule has 5 heteroatoms. The van der Waals surface area contributed by atoms with Crippen LogP contribution in [-0.2, 0) is 15.6 Å². The molecular weight excluding hydrogens is 360 g/mol. The molecule has 0 unspecified atom stereocenters. The molecule has 2 aromatic carbocycles. The van der Waals surface area contributed by atoms with Crippen molar-refractivity contribution >= 4 is 42.4 Å². The Balaban J connectivity index is 2.34. The quantitative estimate of drug-likeness (QED) is 0.789. The first kappa shape index (κ1) is 15.3. The van der Waals surface area contributed by atoms with Crippen molar-refractivity contribution in [1.29, 1.82) is 0 Å². The highest BCUT2D eigenvalue weighted by Gasteiger charge is 2.20. The number of hydrogen-bond acceptors (Lipinski definition) is 2. The van der Waals surface area contributed by atoms with Crippen LogP contribution in [0.25, 0.3) is 5.03 Å². The smallest absolute Gasteiger partial charge is 0.190 e. The zero-order chi connectivity index (χ0) is 14.6. The third-order valence-corrected chi connectivity index (χ3v) is 6.76. The van der Waals surface area contributed by atoms with E-state index in [0.717, 1.165) is 5.56 Å². The van der Waals surface area contributed by atoms with Crippen LogP contribution in [0.1, 0.15) is 11.1 Å². The van der Waals surface area contributed by atoms with Gasteiger partial charge in [-0.25, -0.2) is 8.42 Å². The Bertz CT molecular complexity index is 710.